The van der Waals surface area contributed by atoms with Crippen LogP contribution in [0.25, 0.3) is 10.9 Å². The first-order chi connectivity index (χ1) is 14.8. The molecule has 4 atom stereocenters. The van der Waals surface area contributed by atoms with Crippen LogP contribution in [-0.4, -0.2) is 40.6 Å². The molecule has 1 aliphatic heterocycles. The Kier molecular flexibility index (Phi) is 4.83. The first kappa shape index (κ1) is 20.5. The molecule has 1 saturated heterocycles. The van der Waals surface area contributed by atoms with Gasteiger partial charge in [-0.15, -0.1) is 0 Å². The van der Waals surface area contributed by atoms with Gasteiger partial charge in [0.1, 0.15) is 17.6 Å². The van der Waals surface area contributed by atoms with Crippen LogP contribution in [0.2, 0.25) is 0 Å². The second-order valence-electron chi connectivity index (χ2n) is 10.1. The van der Waals surface area contributed by atoms with Crippen LogP contribution in [0.15, 0.2) is 24.3 Å². The predicted octanol–water partition coefficient (Wildman–Crippen LogP) is 4.40. The van der Waals surface area contributed by atoms with Gasteiger partial charge in [0.05, 0.1) is 0 Å². The van der Waals surface area contributed by atoms with Crippen LogP contribution in [0.5, 0.6) is 0 Å². The highest BCUT2D eigenvalue weighted by Gasteiger charge is 2.68. The van der Waals surface area contributed by atoms with Crippen molar-refractivity contribution in [1.29, 1.82) is 0 Å². The van der Waals surface area contributed by atoms with Gasteiger partial charge in [0, 0.05) is 23.4 Å². The van der Waals surface area contributed by atoms with E-state index in [1.165, 1.54) is 17.0 Å². The minimum absolute atomic E-state index is 0.0107. The minimum Gasteiger partial charge on any atom is -0.350 e. The SMILES string of the molecule is CC1(C)[C@@H]2[C@@H](F)N(C(=O)C(NC(=O)c3cc4c(F)cccc4[nH]3)C3CCCCC3)C[C@@H]21. The van der Waals surface area contributed by atoms with E-state index < -0.39 is 24.1 Å². The number of aromatic nitrogens is 1. The van der Waals surface area contributed by atoms with E-state index in [0.717, 1.165) is 32.1 Å². The maximum atomic E-state index is 15.1. The molecule has 166 valence electrons. The number of H-pyrrole nitrogens is 1. The average Bonchev–Trinajstić information content (AvgIpc) is 3.09. The molecule has 2 amide bonds. The molecular weight excluding hydrogens is 400 g/mol. The zero-order valence-electron chi connectivity index (χ0n) is 18.0. The van der Waals surface area contributed by atoms with Crippen LogP contribution < -0.4 is 5.32 Å². The van der Waals surface area contributed by atoms with Gasteiger partial charge < -0.3 is 15.2 Å². The Morgan fingerprint density at radius 2 is 1.97 bits per heavy atom. The van der Waals surface area contributed by atoms with Crippen molar-refractivity contribution in [2.75, 3.05) is 6.54 Å². The predicted molar refractivity (Wildman–Crippen MR) is 113 cm³/mol. The number of amides is 2. The standard InChI is InChI=1S/C24H29F2N3O2/c1-24(2)15-12-29(21(26)19(15)24)23(31)20(13-7-4-3-5-8-13)28-22(30)18-11-14-16(25)9-6-10-17(14)27-18/h6,9-11,13,15,19-21,27H,3-5,7-8,12H2,1-2H3,(H,28,30)/t15-,19-,20?,21-/m0/s1. The maximum absolute atomic E-state index is 15.1. The van der Waals surface area contributed by atoms with E-state index in [4.69, 9.17) is 0 Å². The monoisotopic (exact) mass is 429 g/mol. The van der Waals surface area contributed by atoms with E-state index in [1.54, 1.807) is 12.1 Å². The molecule has 2 saturated carbocycles. The number of nitrogens with zero attached hydrogens (tertiary/aromatic N) is 1. The molecule has 1 aromatic heterocycles. The van der Waals surface area contributed by atoms with Crippen molar-refractivity contribution in [3.8, 4) is 0 Å². The van der Waals surface area contributed by atoms with Crippen LogP contribution >= 0.6 is 0 Å². The third kappa shape index (κ3) is 3.33. The van der Waals surface area contributed by atoms with Gasteiger partial charge in [-0.05, 0) is 48.3 Å². The van der Waals surface area contributed by atoms with E-state index in [1.807, 2.05) is 13.8 Å². The summed E-state index contributed by atoms with van der Waals surface area (Å²) in [7, 11) is 0. The summed E-state index contributed by atoms with van der Waals surface area (Å²) >= 11 is 0. The molecule has 31 heavy (non-hydrogen) atoms. The number of likely N-dealkylation sites (tertiary alicyclic amines) is 1. The smallest absolute Gasteiger partial charge is 0.268 e. The summed E-state index contributed by atoms with van der Waals surface area (Å²) in [6.45, 7) is 4.51. The second-order valence-corrected chi connectivity index (χ2v) is 10.1. The molecule has 3 aliphatic rings. The molecule has 5 rings (SSSR count). The number of aromatic amines is 1. The van der Waals surface area contributed by atoms with Crippen molar-refractivity contribution in [2.24, 2.45) is 23.2 Å². The lowest BCUT2D eigenvalue weighted by Crippen LogP contribution is -2.54. The molecule has 2 aliphatic carbocycles. The minimum atomic E-state index is -1.29. The summed E-state index contributed by atoms with van der Waals surface area (Å²) in [6, 6.07) is 5.32. The summed E-state index contributed by atoms with van der Waals surface area (Å²) in [4.78, 5) is 30.7. The average molecular weight is 430 g/mol. The highest BCUT2D eigenvalue weighted by atomic mass is 19.1. The Morgan fingerprint density at radius 1 is 1.23 bits per heavy atom. The molecule has 1 aromatic carbocycles. The molecule has 1 unspecified atom stereocenters. The Balaban J connectivity index is 1.38. The molecule has 7 heteroatoms. The number of rotatable bonds is 4. The fourth-order valence-electron chi connectivity index (χ4n) is 5.89. The second kappa shape index (κ2) is 7.31. The maximum Gasteiger partial charge on any atom is 0.268 e. The van der Waals surface area contributed by atoms with Crippen LogP contribution in [0.4, 0.5) is 8.78 Å². The Labute approximate surface area is 180 Å². The summed E-state index contributed by atoms with van der Waals surface area (Å²) in [5.74, 6) is -1.13. The van der Waals surface area contributed by atoms with Crippen LogP contribution in [0, 0.1) is 29.0 Å². The van der Waals surface area contributed by atoms with Gasteiger partial charge >= 0.3 is 0 Å². The molecule has 3 fully saturated rings. The van der Waals surface area contributed by atoms with Crippen molar-refractivity contribution in [2.45, 2.75) is 58.3 Å². The highest BCUT2D eigenvalue weighted by molar-refractivity contribution is 6.00. The number of benzene rings is 1. The Morgan fingerprint density at radius 3 is 2.61 bits per heavy atom. The van der Waals surface area contributed by atoms with Crippen molar-refractivity contribution in [3.05, 3.63) is 35.8 Å². The van der Waals surface area contributed by atoms with Gasteiger partial charge in [-0.25, -0.2) is 8.78 Å². The zero-order valence-corrected chi connectivity index (χ0v) is 18.0. The van der Waals surface area contributed by atoms with E-state index in [-0.39, 0.29) is 34.8 Å². The fourth-order valence-corrected chi connectivity index (χ4v) is 5.89. The largest absolute Gasteiger partial charge is 0.350 e. The summed E-state index contributed by atoms with van der Waals surface area (Å²) in [5, 5.41) is 3.21. The quantitative estimate of drug-likeness (QED) is 0.708. The van der Waals surface area contributed by atoms with E-state index >= 15 is 4.39 Å². The van der Waals surface area contributed by atoms with Gasteiger partial charge in [0.25, 0.3) is 5.91 Å². The number of nitrogens with one attached hydrogen (secondary N) is 2. The van der Waals surface area contributed by atoms with Gasteiger partial charge in [0.15, 0.2) is 6.30 Å². The molecular formula is C24H29F2N3O2. The van der Waals surface area contributed by atoms with Gasteiger partial charge in [-0.3, -0.25) is 9.59 Å². The van der Waals surface area contributed by atoms with Gasteiger partial charge in [-0.1, -0.05) is 39.2 Å². The van der Waals surface area contributed by atoms with Crippen LogP contribution in [0.3, 0.4) is 0 Å². The highest BCUT2D eigenvalue weighted by Crippen LogP contribution is 2.65. The first-order valence-corrected chi connectivity index (χ1v) is 11.3. The fraction of sp³-hybridized carbons (Fsp3) is 0.583. The molecule has 2 N–H and O–H groups in total. The van der Waals surface area contributed by atoms with E-state index in [2.05, 4.69) is 10.3 Å². The molecule has 0 radical (unpaired) electrons. The summed E-state index contributed by atoms with van der Waals surface area (Å²) < 4.78 is 29.1. The number of alkyl halides is 1. The number of hydrogen-bond donors (Lipinski definition) is 2. The lowest BCUT2D eigenvalue weighted by molar-refractivity contribution is -0.140. The third-order valence-corrected chi connectivity index (χ3v) is 7.94. The van der Waals surface area contributed by atoms with Crippen molar-refractivity contribution in [3.63, 3.8) is 0 Å². The molecule has 0 spiro atoms. The van der Waals surface area contributed by atoms with Crippen molar-refractivity contribution < 1.29 is 18.4 Å². The van der Waals surface area contributed by atoms with E-state index in [0.29, 0.717) is 17.4 Å². The topological polar surface area (TPSA) is 65.2 Å². The zero-order chi connectivity index (χ0) is 21.9. The van der Waals surface area contributed by atoms with Crippen molar-refractivity contribution >= 4 is 22.7 Å². The summed E-state index contributed by atoms with van der Waals surface area (Å²) in [5.41, 5.74) is 0.668. The molecule has 2 heterocycles. The Hall–Kier alpha value is -2.44. The first-order valence-electron chi connectivity index (χ1n) is 11.3. The number of carbonyl (C=O) groups excluding carboxylic acids is 2. The van der Waals surface area contributed by atoms with E-state index in [9.17, 15) is 14.0 Å². The lowest BCUT2D eigenvalue weighted by Gasteiger charge is -2.35. The third-order valence-electron chi connectivity index (χ3n) is 7.94. The number of halogens is 2. The molecule has 0 bridgehead atoms. The summed E-state index contributed by atoms with van der Waals surface area (Å²) in [6.07, 6.45) is 3.49. The number of fused-ring (bicyclic) bond motifs is 2. The lowest BCUT2D eigenvalue weighted by atomic mass is 9.83. The van der Waals surface area contributed by atoms with Crippen molar-refractivity contribution in [1.82, 2.24) is 15.2 Å². The van der Waals surface area contributed by atoms with Crippen LogP contribution in [0.1, 0.15) is 56.4 Å². The number of hydrogen-bond acceptors (Lipinski definition) is 2. The normalized spacial score (nSPS) is 28.4. The van der Waals surface area contributed by atoms with Gasteiger partial charge in [0.2, 0.25) is 5.91 Å². The Bertz CT molecular complexity index is 1030. The van der Waals surface area contributed by atoms with Gasteiger partial charge in [-0.2, -0.15) is 0 Å². The molecule has 2 aromatic rings. The molecule has 5 nitrogen and oxygen atoms in total. The number of carbonyl (C=O) groups is 2. The van der Waals surface area contributed by atoms with Crippen LogP contribution in [-0.2, 0) is 4.79 Å². The number of piperidine rings is 1.